The van der Waals surface area contributed by atoms with Gasteiger partial charge in [0.15, 0.2) is 17.3 Å². The average molecular weight is 350 g/mol. The number of hydrogen-bond donors (Lipinski definition) is 1. The summed E-state index contributed by atoms with van der Waals surface area (Å²) in [5.74, 6) is 1.26. The molecular weight excluding hydrogens is 334 g/mol. The molecule has 126 valence electrons. The second-order valence-corrected chi connectivity index (χ2v) is 5.71. The smallest absolute Gasteiger partial charge is 0.248 e. The van der Waals surface area contributed by atoms with Crippen molar-refractivity contribution in [1.29, 1.82) is 0 Å². The Balaban J connectivity index is 2.24. The molecule has 2 heterocycles. The topological polar surface area (TPSA) is 91.2 Å². The molecule has 0 spiro atoms. The summed E-state index contributed by atoms with van der Waals surface area (Å²) in [7, 11) is 3.04. The SMILES string of the molecule is COc1cc(C2C(C(C)=O)=C(C)Nc3nnnn32)cc(Cl)c1OC. The van der Waals surface area contributed by atoms with Gasteiger partial charge in [-0.15, -0.1) is 0 Å². The third kappa shape index (κ3) is 2.48. The quantitative estimate of drug-likeness (QED) is 0.904. The van der Waals surface area contributed by atoms with E-state index in [9.17, 15) is 4.79 Å². The Morgan fingerprint density at radius 2 is 2.08 bits per heavy atom. The molecule has 0 bridgehead atoms. The maximum Gasteiger partial charge on any atom is 0.248 e. The van der Waals surface area contributed by atoms with Gasteiger partial charge in [0.2, 0.25) is 5.95 Å². The van der Waals surface area contributed by atoms with Crippen molar-refractivity contribution >= 4 is 23.3 Å². The number of tetrazole rings is 1. The molecule has 1 aromatic heterocycles. The standard InChI is InChI=1S/C15H16ClN5O3/c1-7-12(8(2)22)13(21-15(17-7)18-19-20-21)9-5-10(16)14(24-4)11(6-9)23-3/h5-6,13H,1-4H3,(H,17,18,20). The molecule has 1 unspecified atom stereocenters. The van der Waals surface area contributed by atoms with E-state index < -0.39 is 6.04 Å². The van der Waals surface area contributed by atoms with Crippen LogP contribution in [0.1, 0.15) is 25.5 Å². The van der Waals surface area contributed by atoms with Gasteiger partial charge in [0.05, 0.1) is 19.2 Å². The van der Waals surface area contributed by atoms with Crippen molar-refractivity contribution < 1.29 is 14.3 Å². The number of hydrogen-bond acceptors (Lipinski definition) is 7. The molecule has 1 aliphatic heterocycles. The second kappa shape index (κ2) is 6.12. The lowest BCUT2D eigenvalue weighted by molar-refractivity contribution is -0.114. The van der Waals surface area contributed by atoms with E-state index in [0.717, 1.165) is 5.56 Å². The van der Waals surface area contributed by atoms with Crippen LogP contribution in [-0.2, 0) is 4.79 Å². The summed E-state index contributed by atoms with van der Waals surface area (Å²) < 4.78 is 12.2. The van der Waals surface area contributed by atoms with E-state index in [1.807, 2.05) is 6.92 Å². The Labute approximate surface area is 143 Å². The zero-order chi connectivity index (χ0) is 17.4. The number of ketones is 1. The van der Waals surface area contributed by atoms with Crippen LogP contribution in [0.25, 0.3) is 0 Å². The van der Waals surface area contributed by atoms with E-state index >= 15 is 0 Å². The van der Waals surface area contributed by atoms with Crippen molar-refractivity contribution in [1.82, 2.24) is 20.2 Å². The minimum Gasteiger partial charge on any atom is -0.493 e. The van der Waals surface area contributed by atoms with Crippen molar-refractivity contribution in [2.75, 3.05) is 19.5 Å². The Morgan fingerprint density at radius 3 is 2.71 bits per heavy atom. The number of aromatic nitrogens is 4. The van der Waals surface area contributed by atoms with Gasteiger partial charge in [0, 0.05) is 11.3 Å². The van der Waals surface area contributed by atoms with E-state index in [2.05, 4.69) is 20.8 Å². The number of halogens is 1. The van der Waals surface area contributed by atoms with Crippen LogP contribution in [0.3, 0.4) is 0 Å². The van der Waals surface area contributed by atoms with Gasteiger partial charge < -0.3 is 14.8 Å². The summed E-state index contributed by atoms with van der Waals surface area (Å²) >= 11 is 6.31. The highest BCUT2D eigenvalue weighted by atomic mass is 35.5. The second-order valence-electron chi connectivity index (χ2n) is 5.31. The fraction of sp³-hybridized carbons (Fsp3) is 0.333. The molecule has 2 aromatic rings. The number of anilines is 1. The summed E-state index contributed by atoms with van der Waals surface area (Å²) in [5.41, 5.74) is 1.97. The molecule has 1 N–H and O–H groups in total. The molecule has 1 aromatic carbocycles. The van der Waals surface area contributed by atoms with E-state index in [0.29, 0.717) is 33.7 Å². The first-order valence-electron chi connectivity index (χ1n) is 7.16. The Kier molecular flexibility index (Phi) is 4.15. The molecule has 0 fully saturated rings. The van der Waals surface area contributed by atoms with Gasteiger partial charge in [-0.3, -0.25) is 4.79 Å². The van der Waals surface area contributed by atoms with Crippen molar-refractivity contribution in [3.8, 4) is 11.5 Å². The summed E-state index contributed by atoms with van der Waals surface area (Å²) in [5, 5.41) is 15.0. The summed E-state index contributed by atoms with van der Waals surface area (Å²) in [6.45, 7) is 3.31. The normalized spacial score (nSPS) is 16.5. The van der Waals surface area contributed by atoms with E-state index in [1.165, 1.54) is 21.1 Å². The van der Waals surface area contributed by atoms with Gasteiger partial charge in [-0.1, -0.05) is 16.7 Å². The number of nitrogens with one attached hydrogen (secondary N) is 1. The van der Waals surface area contributed by atoms with Gasteiger partial charge in [0.25, 0.3) is 0 Å². The lowest BCUT2D eigenvalue weighted by Crippen LogP contribution is -2.28. The maximum absolute atomic E-state index is 12.2. The molecule has 0 radical (unpaired) electrons. The van der Waals surface area contributed by atoms with Crippen LogP contribution in [0.4, 0.5) is 5.95 Å². The molecule has 24 heavy (non-hydrogen) atoms. The number of carbonyl (C=O) groups excluding carboxylic acids is 1. The summed E-state index contributed by atoms with van der Waals surface area (Å²) in [6, 6.07) is 2.98. The number of ether oxygens (including phenoxy) is 2. The molecule has 0 amide bonds. The maximum atomic E-state index is 12.2. The Bertz CT molecular complexity index is 846. The van der Waals surface area contributed by atoms with Crippen LogP contribution in [0, 0.1) is 0 Å². The fourth-order valence-electron chi connectivity index (χ4n) is 2.87. The van der Waals surface area contributed by atoms with Crippen LogP contribution in [0.5, 0.6) is 11.5 Å². The molecule has 0 saturated heterocycles. The van der Waals surface area contributed by atoms with Crippen molar-refractivity contribution in [2.45, 2.75) is 19.9 Å². The lowest BCUT2D eigenvalue weighted by Gasteiger charge is -2.27. The lowest BCUT2D eigenvalue weighted by atomic mass is 9.93. The zero-order valence-corrected chi connectivity index (χ0v) is 14.4. The first-order chi connectivity index (χ1) is 11.5. The largest absolute Gasteiger partial charge is 0.493 e. The summed E-state index contributed by atoms with van der Waals surface area (Å²) in [6.07, 6.45) is 0. The minimum absolute atomic E-state index is 0.0861. The predicted molar refractivity (Wildman–Crippen MR) is 87.5 cm³/mol. The van der Waals surface area contributed by atoms with Crippen LogP contribution in [-0.4, -0.2) is 40.2 Å². The van der Waals surface area contributed by atoms with Gasteiger partial charge in [-0.05, 0) is 42.0 Å². The molecule has 9 heteroatoms. The molecule has 8 nitrogen and oxygen atoms in total. The van der Waals surface area contributed by atoms with Crippen LogP contribution < -0.4 is 14.8 Å². The van der Waals surface area contributed by atoms with E-state index in [4.69, 9.17) is 21.1 Å². The monoisotopic (exact) mass is 349 g/mol. The molecule has 1 aliphatic rings. The van der Waals surface area contributed by atoms with E-state index in [1.54, 1.807) is 16.8 Å². The number of carbonyl (C=O) groups is 1. The van der Waals surface area contributed by atoms with Crippen LogP contribution >= 0.6 is 11.6 Å². The minimum atomic E-state index is -0.508. The average Bonchev–Trinajstić information content (AvgIpc) is 3.00. The molecular formula is C15H16ClN5O3. The first-order valence-corrected chi connectivity index (χ1v) is 7.53. The molecule has 3 rings (SSSR count). The van der Waals surface area contributed by atoms with Crippen LogP contribution in [0.15, 0.2) is 23.4 Å². The number of benzene rings is 1. The van der Waals surface area contributed by atoms with Crippen LogP contribution in [0.2, 0.25) is 5.02 Å². The first kappa shape index (κ1) is 16.3. The summed E-state index contributed by atoms with van der Waals surface area (Å²) in [4.78, 5) is 12.2. The fourth-order valence-corrected chi connectivity index (χ4v) is 3.17. The number of methoxy groups -OCH3 is 2. The zero-order valence-electron chi connectivity index (χ0n) is 13.6. The van der Waals surface area contributed by atoms with Gasteiger partial charge in [-0.2, -0.15) is 4.68 Å². The molecule has 1 atom stereocenters. The van der Waals surface area contributed by atoms with Gasteiger partial charge >= 0.3 is 0 Å². The van der Waals surface area contributed by atoms with Gasteiger partial charge in [0.1, 0.15) is 6.04 Å². The highest BCUT2D eigenvalue weighted by molar-refractivity contribution is 6.32. The molecule has 0 aliphatic carbocycles. The van der Waals surface area contributed by atoms with Crippen molar-refractivity contribution in [3.63, 3.8) is 0 Å². The number of nitrogens with zero attached hydrogens (tertiary/aromatic N) is 4. The number of allylic oxidation sites excluding steroid dienone is 2. The molecule has 0 saturated carbocycles. The van der Waals surface area contributed by atoms with Crippen molar-refractivity contribution in [3.05, 3.63) is 34.0 Å². The number of rotatable bonds is 4. The van der Waals surface area contributed by atoms with Gasteiger partial charge in [-0.25, -0.2) is 0 Å². The highest BCUT2D eigenvalue weighted by Crippen LogP contribution is 2.42. The Hall–Kier alpha value is -2.61. The van der Waals surface area contributed by atoms with Crippen molar-refractivity contribution in [2.24, 2.45) is 0 Å². The predicted octanol–water partition coefficient (Wildman–Crippen LogP) is 2.22. The Morgan fingerprint density at radius 1 is 1.33 bits per heavy atom. The third-order valence-electron chi connectivity index (χ3n) is 3.87. The number of fused-ring (bicyclic) bond motifs is 1. The third-order valence-corrected chi connectivity index (χ3v) is 4.15. The number of Topliss-reactive ketones (excluding diaryl/α,β-unsaturated/α-hetero) is 1. The van der Waals surface area contributed by atoms with E-state index in [-0.39, 0.29) is 5.78 Å². The highest BCUT2D eigenvalue weighted by Gasteiger charge is 2.33.